The highest BCUT2D eigenvalue weighted by atomic mass is 79.9. The highest BCUT2D eigenvalue weighted by Crippen LogP contribution is 2.28. The normalized spacial score (nSPS) is 12.7. The molecule has 0 spiro atoms. The van der Waals surface area contributed by atoms with E-state index >= 15 is 0 Å². The Bertz CT molecular complexity index is 1060. The molecule has 136 valence electrons. The van der Waals surface area contributed by atoms with Gasteiger partial charge in [-0.3, -0.25) is 29.4 Å². The van der Waals surface area contributed by atoms with Crippen molar-refractivity contribution in [2.24, 2.45) is 0 Å². The average Bonchev–Trinajstić information content (AvgIpc) is 3.03. The number of aryl methyl sites for hydroxylation is 1. The number of imide groups is 1. The number of hydrogen-bond donors (Lipinski definition) is 1. The summed E-state index contributed by atoms with van der Waals surface area (Å²) in [6.07, 6.45) is 0. The van der Waals surface area contributed by atoms with E-state index in [9.17, 15) is 24.4 Å². The summed E-state index contributed by atoms with van der Waals surface area (Å²) in [6.45, 7) is 2.22. The van der Waals surface area contributed by atoms with E-state index in [1.165, 1.54) is 26.0 Å². The summed E-state index contributed by atoms with van der Waals surface area (Å²) in [5.74, 6) is -2.28. The van der Waals surface area contributed by atoms with Crippen molar-refractivity contribution in [1.29, 1.82) is 5.26 Å². The first-order valence-corrected chi connectivity index (χ1v) is 8.54. The summed E-state index contributed by atoms with van der Waals surface area (Å²) < 4.78 is 5.93. The number of hydrogen-bond acceptors (Lipinski definition) is 6. The Morgan fingerprint density at radius 3 is 2.56 bits per heavy atom. The Morgan fingerprint density at radius 1 is 1.26 bits per heavy atom. The van der Waals surface area contributed by atoms with E-state index in [1.54, 1.807) is 6.07 Å². The van der Waals surface area contributed by atoms with E-state index in [-0.39, 0.29) is 39.7 Å². The minimum Gasteiger partial charge on any atom is -0.443 e. The summed E-state index contributed by atoms with van der Waals surface area (Å²) in [5, 5.41) is 11.6. The van der Waals surface area contributed by atoms with Gasteiger partial charge in [0.25, 0.3) is 11.8 Å². The van der Waals surface area contributed by atoms with Crippen LogP contribution in [0.5, 0.6) is 0 Å². The highest BCUT2D eigenvalue weighted by molar-refractivity contribution is 9.10. The van der Waals surface area contributed by atoms with Gasteiger partial charge in [-0.2, -0.15) is 5.26 Å². The van der Waals surface area contributed by atoms with Crippen LogP contribution >= 0.6 is 15.9 Å². The third-order valence-electron chi connectivity index (χ3n) is 4.04. The van der Waals surface area contributed by atoms with E-state index < -0.39 is 24.3 Å². The SMILES string of the molecule is CC(=O)c1c(C)oc(NC(=O)CN2C(=O)c3ccc(Br)cc3C2=O)c1C#N. The Hall–Kier alpha value is -3.25. The van der Waals surface area contributed by atoms with E-state index in [4.69, 9.17) is 4.42 Å². The Balaban J connectivity index is 1.81. The molecule has 3 rings (SSSR count). The van der Waals surface area contributed by atoms with Crippen molar-refractivity contribution in [3.8, 4) is 6.07 Å². The van der Waals surface area contributed by atoms with Gasteiger partial charge in [-0.1, -0.05) is 15.9 Å². The zero-order chi connectivity index (χ0) is 19.9. The number of Topliss-reactive ketones (excluding diaryl/α,β-unsaturated/α-hetero) is 1. The van der Waals surface area contributed by atoms with Gasteiger partial charge in [0.15, 0.2) is 5.78 Å². The molecule has 2 heterocycles. The molecule has 0 aliphatic carbocycles. The number of halogens is 1. The van der Waals surface area contributed by atoms with Crippen LogP contribution in [0.25, 0.3) is 0 Å². The highest BCUT2D eigenvalue weighted by Gasteiger charge is 2.37. The molecule has 0 saturated carbocycles. The number of nitrogens with one attached hydrogen (secondary N) is 1. The maximum Gasteiger partial charge on any atom is 0.262 e. The van der Waals surface area contributed by atoms with Crippen molar-refractivity contribution in [2.45, 2.75) is 13.8 Å². The van der Waals surface area contributed by atoms with Crippen molar-refractivity contribution in [3.05, 3.63) is 50.7 Å². The van der Waals surface area contributed by atoms with E-state index in [1.807, 2.05) is 6.07 Å². The minimum absolute atomic E-state index is 0.0818. The number of ketones is 1. The first-order chi connectivity index (χ1) is 12.7. The van der Waals surface area contributed by atoms with Crippen LogP contribution in [-0.2, 0) is 4.79 Å². The molecule has 0 unspecified atom stereocenters. The second kappa shape index (κ2) is 6.81. The van der Waals surface area contributed by atoms with Crippen molar-refractivity contribution in [1.82, 2.24) is 4.90 Å². The van der Waals surface area contributed by atoms with Crippen LogP contribution in [0.4, 0.5) is 5.88 Å². The molecular formula is C18H12BrN3O5. The number of benzene rings is 1. The molecule has 1 aliphatic heterocycles. The van der Waals surface area contributed by atoms with Gasteiger partial charge in [0.2, 0.25) is 11.8 Å². The number of fused-ring (bicyclic) bond motifs is 1. The molecule has 1 aromatic heterocycles. The first kappa shape index (κ1) is 18.5. The third-order valence-corrected chi connectivity index (χ3v) is 4.53. The van der Waals surface area contributed by atoms with Crippen molar-refractivity contribution in [3.63, 3.8) is 0 Å². The lowest BCUT2D eigenvalue weighted by molar-refractivity contribution is -0.116. The second-order valence-electron chi connectivity index (χ2n) is 5.84. The van der Waals surface area contributed by atoms with Gasteiger partial charge in [0.1, 0.15) is 23.9 Å². The number of nitrogens with zero attached hydrogens (tertiary/aromatic N) is 2. The van der Waals surface area contributed by atoms with E-state index in [2.05, 4.69) is 21.2 Å². The lowest BCUT2D eigenvalue weighted by Crippen LogP contribution is -2.37. The Labute approximate surface area is 161 Å². The van der Waals surface area contributed by atoms with Gasteiger partial charge in [0.05, 0.1) is 16.7 Å². The van der Waals surface area contributed by atoms with Crippen LogP contribution in [-0.4, -0.2) is 34.9 Å². The number of carbonyl (C=O) groups is 4. The van der Waals surface area contributed by atoms with E-state index in [0.717, 1.165) is 4.90 Å². The van der Waals surface area contributed by atoms with Gasteiger partial charge in [-0.05, 0) is 32.0 Å². The number of anilines is 1. The van der Waals surface area contributed by atoms with Crippen molar-refractivity contribution < 1.29 is 23.6 Å². The molecule has 8 nitrogen and oxygen atoms in total. The summed E-state index contributed by atoms with van der Waals surface area (Å²) in [5.41, 5.74) is 0.395. The van der Waals surface area contributed by atoms with Crippen molar-refractivity contribution in [2.75, 3.05) is 11.9 Å². The third kappa shape index (κ3) is 3.15. The monoisotopic (exact) mass is 429 g/mol. The standard InChI is InChI=1S/C18H12BrN3O5/c1-8(23)15-9(2)27-16(13(15)6-20)21-14(24)7-22-17(25)11-4-3-10(19)5-12(11)18(22)26/h3-5H,7H2,1-2H3,(H,21,24). The van der Waals surface area contributed by atoms with Crippen LogP contribution in [0.1, 0.15) is 49.3 Å². The topological polar surface area (TPSA) is 120 Å². The van der Waals surface area contributed by atoms with Crippen LogP contribution < -0.4 is 5.32 Å². The Kier molecular flexibility index (Phi) is 4.68. The Morgan fingerprint density at radius 2 is 1.93 bits per heavy atom. The molecular weight excluding hydrogens is 418 g/mol. The molecule has 0 radical (unpaired) electrons. The zero-order valence-electron chi connectivity index (χ0n) is 14.3. The maximum atomic E-state index is 12.4. The number of nitriles is 1. The van der Waals surface area contributed by atoms with Crippen LogP contribution in [0.3, 0.4) is 0 Å². The zero-order valence-corrected chi connectivity index (χ0v) is 15.8. The van der Waals surface area contributed by atoms with Gasteiger partial charge < -0.3 is 4.42 Å². The molecule has 1 aromatic carbocycles. The van der Waals surface area contributed by atoms with Gasteiger partial charge in [-0.25, -0.2) is 0 Å². The lowest BCUT2D eigenvalue weighted by atomic mass is 10.1. The molecule has 1 aliphatic rings. The summed E-state index contributed by atoms with van der Waals surface area (Å²) in [4.78, 5) is 49.5. The average molecular weight is 430 g/mol. The van der Waals surface area contributed by atoms with Crippen LogP contribution in [0, 0.1) is 18.3 Å². The molecule has 0 fully saturated rings. The maximum absolute atomic E-state index is 12.4. The molecule has 2 aromatic rings. The number of furan rings is 1. The molecule has 1 N–H and O–H groups in total. The fourth-order valence-electron chi connectivity index (χ4n) is 2.88. The molecule has 9 heteroatoms. The van der Waals surface area contributed by atoms with Gasteiger partial charge in [-0.15, -0.1) is 0 Å². The predicted molar refractivity (Wildman–Crippen MR) is 96.3 cm³/mol. The second-order valence-corrected chi connectivity index (χ2v) is 6.76. The molecule has 3 amide bonds. The summed E-state index contributed by atoms with van der Waals surface area (Å²) >= 11 is 3.23. The predicted octanol–water partition coefficient (Wildman–Crippen LogP) is 2.66. The first-order valence-electron chi connectivity index (χ1n) is 7.74. The molecule has 0 bridgehead atoms. The molecule has 0 atom stereocenters. The number of amides is 3. The fraction of sp³-hybridized carbons (Fsp3) is 0.167. The van der Waals surface area contributed by atoms with Crippen LogP contribution in [0.2, 0.25) is 0 Å². The fourth-order valence-corrected chi connectivity index (χ4v) is 3.24. The summed E-state index contributed by atoms with van der Waals surface area (Å²) in [6, 6.07) is 6.46. The van der Waals surface area contributed by atoms with Crippen molar-refractivity contribution >= 4 is 45.3 Å². The van der Waals surface area contributed by atoms with Gasteiger partial charge >= 0.3 is 0 Å². The largest absolute Gasteiger partial charge is 0.443 e. The smallest absolute Gasteiger partial charge is 0.262 e. The minimum atomic E-state index is -0.732. The number of carbonyl (C=O) groups excluding carboxylic acids is 4. The quantitative estimate of drug-likeness (QED) is 0.588. The summed E-state index contributed by atoms with van der Waals surface area (Å²) in [7, 11) is 0. The molecule has 0 saturated heterocycles. The van der Waals surface area contributed by atoms with Gasteiger partial charge in [0, 0.05) is 4.47 Å². The molecule has 27 heavy (non-hydrogen) atoms. The number of rotatable bonds is 4. The lowest BCUT2D eigenvalue weighted by Gasteiger charge is -2.12. The van der Waals surface area contributed by atoms with Crippen LogP contribution in [0.15, 0.2) is 27.1 Å². The van der Waals surface area contributed by atoms with E-state index in [0.29, 0.717) is 4.47 Å².